The second-order valence-electron chi connectivity index (χ2n) is 7.99. The Morgan fingerprint density at radius 1 is 1.16 bits per heavy atom. The van der Waals surface area contributed by atoms with E-state index in [4.69, 9.17) is 14.0 Å². The van der Waals surface area contributed by atoms with Crippen molar-refractivity contribution in [2.75, 3.05) is 32.8 Å². The van der Waals surface area contributed by atoms with Gasteiger partial charge >= 0.3 is 0 Å². The molecule has 168 valence electrons. The third kappa shape index (κ3) is 4.50. The van der Waals surface area contributed by atoms with Gasteiger partial charge in [-0.05, 0) is 55.1 Å². The minimum Gasteiger partial charge on any atom is -0.486 e. The molecule has 8 nitrogen and oxygen atoms in total. The maximum Gasteiger partial charge on any atom is 0.273 e. The van der Waals surface area contributed by atoms with Crippen LogP contribution in [0.1, 0.15) is 35.0 Å². The van der Waals surface area contributed by atoms with Crippen molar-refractivity contribution in [1.82, 2.24) is 15.4 Å². The number of aliphatic hydroxyl groups excluding tert-OH is 1. The fourth-order valence-electron chi connectivity index (χ4n) is 4.10. The predicted octanol–water partition coefficient (Wildman–Crippen LogP) is 3.10. The Balaban J connectivity index is 1.35. The molecule has 2 aliphatic heterocycles. The largest absolute Gasteiger partial charge is 0.486 e. The van der Waals surface area contributed by atoms with Crippen molar-refractivity contribution in [2.45, 2.75) is 25.0 Å². The van der Waals surface area contributed by atoms with Gasteiger partial charge in [-0.3, -0.25) is 4.79 Å². The molecule has 0 bridgehead atoms. The second-order valence-corrected chi connectivity index (χ2v) is 8.94. The highest BCUT2D eigenvalue weighted by Crippen LogP contribution is 2.33. The third-order valence-electron chi connectivity index (χ3n) is 5.77. The minimum absolute atomic E-state index is 0.189. The summed E-state index contributed by atoms with van der Waals surface area (Å²) in [5.74, 6) is 1.44. The Bertz CT molecular complexity index is 1060. The summed E-state index contributed by atoms with van der Waals surface area (Å²) < 4.78 is 16.6. The lowest BCUT2D eigenvalue weighted by Crippen LogP contribution is -2.46. The average Bonchev–Trinajstić information content (AvgIpc) is 3.60. The smallest absolute Gasteiger partial charge is 0.273 e. The standard InChI is InChI=1S/C23H25N3O5S/c27-22(15-5-6-18-19(12-15)30-10-9-29-18)17(14-26-7-1-2-8-26)24-23(28)16-13-20(31-25-16)21-4-3-11-32-21/h3-6,11-13,17,22,27H,1-2,7-10,14H2,(H,24,28)/t17-,22-/m1/s1. The number of benzene rings is 1. The lowest BCUT2D eigenvalue weighted by Gasteiger charge is -2.29. The van der Waals surface area contributed by atoms with Crippen LogP contribution in [0.4, 0.5) is 0 Å². The van der Waals surface area contributed by atoms with Crippen LogP contribution in [0.5, 0.6) is 11.5 Å². The fourth-order valence-corrected chi connectivity index (χ4v) is 4.78. The van der Waals surface area contributed by atoms with Gasteiger partial charge in [0.15, 0.2) is 23.0 Å². The summed E-state index contributed by atoms with van der Waals surface area (Å²) in [5, 5.41) is 20.1. The maximum absolute atomic E-state index is 13.0. The Kier molecular flexibility index (Phi) is 6.11. The summed E-state index contributed by atoms with van der Waals surface area (Å²) in [5.41, 5.74) is 0.854. The minimum atomic E-state index is -0.918. The molecular weight excluding hydrogens is 430 g/mol. The van der Waals surface area contributed by atoms with E-state index in [1.807, 2.05) is 23.6 Å². The van der Waals surface area contributed by atoms with Gasteiger partial charge in [-0.2, -0.15) is 0 Å². The van der Waals surface area contributed by atoms with Gasteiger partial charge in [-0.15, -0.1) is 11.3 Å². The van der Waals surface area contributed by atoms with Gasteiger partial charge < -0.3 is 29.3 Å². The molecule has 1 saturated heterocycles. The van der Waals surface area contributed by atoms with E-state index in [0.717, 1.165) is 30.8 Å². The molecule has 1 aromatic carbocycles. The van der Waals surface area contributed by atoms with E-state index in [1.165, 1.54) is 11.3 Å². The van der Waals surface area contributed by atoms with Crippen LogP contribution >= 0.6 is 11.3 Å². The Morgan fingerprint density at radius 3 is 2.75 bits per heavy atom. The van der Waals surface area contributed by atoms with Crippen LogP contribution in [0.15, 0.2) is 46.3 Å². The lowest BCUT2D eigenvalue weighted by atomic mass is 10.0. The van der Waals surface area contributed by atoms with Crippen LogP contribution in [0.2, 0.25) is 0 Å². The highest BCUT2D eigenvalue weighted by atomic mass is 32.1. The summed E-state index contributed by atoms with van der Waals surface area (Å²) in [6.07, 6.45) is 1.32. The summed E-state index contributed by atoms with van der Waals surface area (Å²) in [6.45, 7) is 3.42. The molecule has 1 amide bonds. The molecule has 0 saturated carbocycles. The number of likely N-dealkylation sites (tertiary alicyclic amines) is 1. The Hall–Kier alpha value is -2.88. The van der Waals surface area contributed by atoms with E-state index in [0.29, 0.717) is 42.6 Å². The maximum atomic E-state index is 13.0. The number of aliphatic hydroxyl groups is 1. The van der Waals surface area contributed by atoms with Crippen molar-refractivity contribution < 1.29 is 23.9 Å². The number of thiophene rings is 1. The van der Waals surface area contributed by atoms with Crippen LogP contribution in [0.25, 0.3) is 10.6 Å². The Labute approximate surface area is 189 Å². The average molecular weight is 456 g/mol. The first-order valence-corrected chi connectivity index (χ1v) is 11.7. The van der Waals surface area contributed by atoms with Crippen LogP contribution < -0.4 is 14.8 Å². The highest BCUT2D eigenvalue weighted by Gasteiger charge is 2.29. The summed E-state index contributed by atoms with van der Waals surface area (Å²) >= 11 is 1.52. The monoisotopic (exact) mass is 455 g/mol. The molecular formula is C23H25N3O5S. The zero-order valence-corrected chi connectivity index (χ0v) is 18.3. The molecule has 0 radical (unpaired) electrons. The number of nitrogens with one attached hydrogen (secondary N) is 1. The third-order valence-corrected chi connectivity index (χ3v) is 6.65. The summed E-state index contributed by atoms with van der Waals surface area (Å²) in [7, 11) is 0. The molecule has 32 heavy (non-hydrogen) atoms. The second kappa shape index (κ2) is 9.32. The number of hydrogen-bond acceptors (Lipinski definition) is 8. The lowest BCUT2D eigenvalue weighted by molar-refractivity contribution is 0.0764. The van der Waals surface area contributed by atoms with Gasteiger partial charge in [0.25, 0.3) is 5.91 Å². The van der Waals surface area contributed by atoms with Gasteiger partial charge in [0.1, 0.15) is 19.3 Å². The number of nitrogens with zero attached hydrogens (tertiary/aromatic N) is 2. The van der Waals surface area contributed by atoms with Gasteiger partial charge in [0.2, 0.25) is 0 Å². The molecule has 0 unspecified atom stereocenters. The quantitative estimate of drug-likeness (QED) is 0.565. The first-order chi connectivity index (χ1) is 15.7. The van der Waals surface area contributed by atoms with E-state index >= 15 is 0 Å². The number of carbonyl (C=O) groups is 1. The van der Waals surface area contributed by atoms with E-state index in [1.54, 1.807) is 18.2 Å². The first-order valence-electron chi connectivity index (χ1n) is 10.8. The van der Waals surface area contributed by atoms with Crippen molar-refractivity contribution in [3.8, 4) is 22.1 Å². The van der Waals surface area contributed by atoms with E-state index in [9.17, 15) is 9.90 Å². The molecule has 0 aliphatic carbocycles. The van der Waals surface area contributed by atoms with Crippen molar-refractivity contribution in [2.24, 2.45) is 0 Å². The summed E-state index contributed by atoms with van der Waals surface area (Å²) in [4.78, 5) is 16.1. The molecule has 2 aromatic heterocycles. The number of amides is 1. The van der Waals surface area contributed by atoms with Gasteiger partial charge in [-0.1, -0.05) is 17.3 Å². The van der Waals surface area contributed by atoms with Gasteiger partial charge in [0, 0.05) is 12.6 Å². The predicted molar refractivity (Wildman–Crippen MR) is 119 cm³/mol. The van der Waals surface area contributed by atoms with Crippen molar-refractivity contribution >= 4 is 17.2 Å². The SMILES string of the molecule is O=C(N[C@H](CN1CCCC1)[C@H](O)c1ccc2c(c1)OCCO2)c1cc(-c2cccs2)on1. The molecule has 2 N–H and O–H groups in total. The number of carbonyl (C=O) groups excluding carboxylic acids is 1. The fraction of sp³-hybridized carbons (Fsp3) is 0.391. The Morgan fingerprint density at radius 2 is 1.97 bits per heavy atom. The van der Waals surface area contributed by atoms with Crippen LogP contribution in [-0.2, 0) is 0 Å². The zero-order valence-electron chi connectivity index (χ0n) is 17.5. The number of ether oxygens (including phenoxy) is 2. The van der Waals surface area contributed by atoms with E-state index < -0.39 is 12.1 Å². The molecule has 9 heteroatoms. The molecule has 3 aromatic rings. The highest BCUT2D eigenvalue weighted by molar-refractivity contribution is 7.13. The normalized spacial score (nSPS) is 17.8. The number of fused-ring (bicyclic) bond motifs is 1. The topological polar surface area (TPSA) is 97.1 Å². The number of hydrogen-bond donors (Lipinski definition) is 2. The molecule has 2 atom stereocenters. The van der Waals surface area contributed by atoms with Crippen molar-refractivity contribution in [1.29, 1.82) is 0 Å². The molecule has 5 rings (SSSR count). The zero-order chi connectivity index (χ0) is 21.9. The van der Waals surface area contributed by atoms with Crippen molar-refractivity contribution in [3.05, 3.63) is 53.0 Å². The van der Waals surface area contributed by atoms with Crippen LogP contribution in [-0.4, -0.2) is 60.0 Å². The van der Waals surface area contributed by atoms with E-state index in [2.05, 4.69) is 15.4 Å². The van der Waals surface area contributed by atoms with Crippen LogP contribution in [0, 0.1) is 0 Å². The molecule has 2 aliphatic rings. The molecule has 1 fully saturated rings. The summed E-state index contributed by atoms with van der Waals surface area (Å²) in [6, 6.07) is 10.3. The molecule has 0 spiro atoms. The number of rotatable bonds is 7. The number of aromatic nitrogens is 1. The molecule has 4 heterocycles. The van der Waals surface area contributed by atoms with Gasteiger partial charge in [-0.25, -0.2) is 0 Å². The van der Waals surface area contributed by atoms with Gasteiger partial charge in [0.05, 0.1) is 10.9 Å². The van der Waals surface area contributed by atoms with Crippen molar-refractivity contribution in [3.63, 3.8) is 0 Å². The van der Waals surface area contributed by atoms with E-state index in [-0.39, 0.29) is 11.6 Å². The van der Waals surface area contributed by atoms with Crippen LogP contribution in [0.3, 0.4) is 0 Å². The first kappa shape index (κ1) is 21.0.